The largest absolute Gasteiger partial charge is 0.489 e. The van der Waals surface area contributed by atoms with Crippen LogP contribution in [0.1, 0.15) is 31.2 Å². The number of hydrogen-bond acceptors (Lipinski definition) is 8. The number of halogens is 3. The monoisotopic (exact) mass is 585 g/mol. The number of fused-ring (bicyclic) bond motifs is 2. The Morgan fingerprint density at radius 1 is 1.16 bits per heavy atom. The molecule has 13 heteroatoms. The van der Waals surface area contributed by atoms with Crippen LogP contribution in [0, 0.1) is 5.82 Å². The van der Waals surface area contributed by atoms with Gasteiger partial charge in [-0.3, -0.25) is 9.69 Å². The number of aromatic nitrogens is 1. The number of thiazole rings is 1. The molecule has 0 aliphatic carbocycles. The summed E-state index contributed by atoms with van der Waals surface area (Å²) in [7, 11) is -4.27. The van der Waals surface area contributed by atoms with Gasteiger partial charge in [0.25, 0.3) is 10.0 Å². The highest BCUT2D eigenvalue weighted by molar-refractivity contribution is 7.92. The fraction of sp³-hybridized carbons (Fsp3) is 0.333. The number of nitrogens with zero attached hydrogens (tertiary/aromatic N) is 3. The maximum absolute atomic E-state index is 14.3. The number of rotatable bonds is 9. The molecule has 2 fully saturated rings. The van der Waals surface area contributed by atoms with E-state index >= 15 is 0 Å². The molecule has 8 nitrogen and oxygen atoms in total. The van der Waals surface area contributed by atoms with Gasteiger partial charge in [-0.25, -0.2) is 9.37 Å². The Kier molecular flexibility index (Phi) is 7.60. The van der Waals surface area contributed by atoms with E-state index in [1.165, 1.54) is 35.2 Å². The van der Waals surface area contributed by atoms with Gasteiger partial charge in [-0.1, -0.05) is 27.7 Å². The molecule has 2 unspecified atom stereocenters. The molecule has 3 heterocycles. The van der Waals surface area contributed by atoms with Crippen LogP contribution in [0.3, 0.4) is 0 Å². The lowest BCUT2D eigenvalue weighted by Crippen LogP contribution is -2.45. The molecule has 0 N–H and O–H groups in total. The van der Waals surface area contributed by atoms with Crippen LogP contribution in [0.15, 0.2) is 52.2 Å². The Balaban J connectivity index is 1.28. The van der Waals surface area contributed by atoms with E-state index in [9.17, 15) is 17.6 Å². The van der Waals surface area contributed by atoms with E-state index in [0.29, 0.717) is 27.3 Å². The van der Waals surface area contributed by atoms with Crippen molar-refractivity contribution in [2.75, 3.05) is 4.47 Å². The number of sulfonamides is 1. The molecule has 2 saturated heterocycles. The van der Waals surface area contributed by atoms with Crippen LogP contribution in [-0.4, -0.2) is 43.0 Å². The lowest BCUT2D eigenvalue weighted by molar-refractivity contribution is -0.128. The van der Waals surface area contributed by atoms with Crippen molar-refractivity contribution in [2.24, 2.45) is 0 Å². The molecule has 0 saturated carbocycles. The number of carbonyl (C=O) groups excluding carboxylic acids is 1. The fourth-order valence-corrected chi connectivity index (χ4v) is 7.27. The van der Waals surface area contributed by atoms with Crippen molar-refractivity contribution in [3.8, 4) is 5.75 Å². The summed E-state index contributed by atoms with van der Waals surface area (Å²) < 4.78 is 47.1. The average Bonchev–Trinajstić information content (AvgIpc) is 3.47. The fourth-order valence-electron chi connectivity index (χ4n) is 5.02. The predicted octanol–water partition coefficient (Wildman–Crippen LogP) is 5.45. The minimum Gasteiger partial charge on any atom is -0.489 e. The number of piperidine rings is 1. The first kappa shape index (κ1) is 26.2. The zero-order chi connectivity index (χ0) is 26.2. The first-order valence-corrected chi connectivity index (χ1v) is 14.6. The smallest absolute Gasteiger partial charge is 0.322 e. The lowest BCUT2D eigenvalue weighted by atomic mass is 9.98. The summed E-state index contributed by atoms with van der Waals surface area (Å²) in [5.74, 6) is 0.0418. The van der Waals surface area contributed by atoms with E-state index in [2.05, 4.69) is 9.88 Å². The van der Waals surface area contributed by atoms with Gasteiger partial charge in [0.2, 0.25) is 0 Å². The van der Waals surface area contributed by atoms with Gasteiger partial charge in [-0.2, -0.15) is 8.42 Å². The van der Waals surface area contributed by atoms with Gasteiger partial charge in [-0.05, 0) is 62.1 Å². The minimum absolute atomic E-state index is 0.0113. The predicted molar refractivity (Wildman–Crippen MR) is 138 cm³/mol. The normalized spacial score (nSPS) is 21.5. The summed E-state index contributed by atoms with van der Waals surface area (Å²) >= 11 is 13.6. The van der Waals surface area contributed by atoms with Gasteiger partial charge in [0.15, 0.2) is 5.82 Å². The first-order chi connectivity index (χ1) is 17.8. The summed E-state index contributed by atoms with van der Waals surface area (Å²) in [6.45, 7) is 0.498. The van der Waals surface area contributed by atoms with Crippen LogP contribution in [-0.2, 0) is 26.2 Å². The van der Waals surface area contributed by atoms with Gasteiger partial charge < -0.3 is 9.57 Å². The Morgan fingerprint density at radius 3 is 2.57 bits per heavy atom. The van der Waals surface area contributed by atoms with E-state index < -0.39 is 10.0 Å². The van der Waals surface area contributed by atoms with Gasteiger partial charge in [-0.15, -0.1) is 11.3 Å². The second kappa shape index (κ2) is 10.7. The lowest BCUT2D eigenvalue weighted by Gasteiger charge is -2.39. The van der Waals surface area contributed by atoms with Crippen LogP contribution >= 0.6 is 34.5 Å². The Labute approximate surface area is 227 Å². The van der Waals surface area contributed by atoms with E-state index in [0.717, 1.165) is 37.0 Å². The van der Waals surface area contributed by atoms with E-state index in [1.54, 1.807) is 12.1 Å². The van der Waals surface area contributed by atoms with Crippen molar-refractivity contribution < 1.29 is 27.2 Å². The van der Waals surface area contributed by atoms with Crippen LogP contribution < -0.4 is 9.21 Å². The number of anilines is 1. The third kappa shape index (κ3) is 5.42. The van der Waals surface area contributed by atoms with Crippen LogP contribution in [0.5, 0.6) is 5.75 Å². The quantitative estimate of drug-likeness (QED) is 0.244. The average molecular weight is 586 g/mol. The highest BCUT2D eigenvalue weighted by Gasteiger charge is 2.42. The van der Waals surface area contributed by atoms with Gasteiger partial charge in [0.05, 0.1) is 15.4 Å². The number of carbonyl (C=O) groups is 1. The van der Waals surface area contributed by atoms with Gasteiger partial charge >= 0.3 is 6.47 Å². The molecule has 196 valence electrons. The molecule has 0 radical (unpaired) electrons. The maximum atomic E-state index is 14.3. The second-order valence-corrected chi connectivity index (χ2v) is 12.2. The molecule has 2 aromatic carbocycles. The molecule has 2 aliphatic rings. The van der Waals surface area contributed by atoms with Crippen molar-refractivity contribution in [1.29, 1.82) is 0 Å². The molecule has 3 aromatic rings. The molecule has 5 rings (SSSR count). The molecule has 0 amide bonds. The van der Waals surface area contributed by atoms with E-state index in [1.807, 2.05) is 0 Å². The Bertz CT molecular complexity index is 1380. The van der Waals surface area contributed by atoms with Crippen molar-refractivity contribution in [3.63, 3.8) is 0 Å². The van der Waals surface area contributed by atoms with Crippen LogP contribution in [0.25, 0.3) is 0 Å². The number of benzene rings is 2. The first-order valence-electron chi connectivity index (χ1n) is 11.5. The van der Waals surface area contributed by atoms with Crippen molar-refractivity contribution in [3.05, 3.63) is 68.7 Å². The second-order valence-electron chi connectivity index (χ2n) is 8.88. The molecule has 2 aliphatic heterocycles. The van der Waals surface area contributed by atoms with Crippen LogP contribution in [0.2, 0.25) is 10.0 Å². The summed E-state index contributed by atoms with van der Waals surface area (Å²) in [6.07, 6.45) is 3.32. The van der Waals surface area contributed by atoms with Crippen molar-refractivity contribution >= 4 is 56.9 Å². The molecule has 0 spiro atoms. The minimum atomic E-state index is -4.27. The molecule has 1 aromatic heterocycles. The van der Waals surface area contributed by atoms with E-state index in [4.69, 9.17) is 32.8 Å². The molecular weight excluding hydrogens is 564 g/mol. The summed E-state index contributed by atoms with van der Waals surface area (Å²) in [5.41, 5.74) is 1.99. The molecule has 37 heavy (non-hydrogen) atoms. The summed E-state index contributed by atoms with van der Waals surface area (Å²) in [5, 5.41) is 2.05. The highest BCUT2D eigenvalue weighted by atomic mass is 35.5. The Morgan fingerprint density at radius 2 is 1.92 bits per heavy atom. The zero-order valence-electron chi connectivity index (χ0n) is 19.3. The highest BCUT2D eigenvalue weighted by Crippen LogP contribution is 2.40. The topological polar surface area (TPSA) is 89.0 Å². The van der Waals surface area contributed by atoms with Crippen LogP contribution in [0.4, 0.5) is 10.2 Å². The number of ether oxygens (including phenoxy) is 1. The molecule has 3 atom stereocenters. The third-order valence-corrected chi connectivity index (χ3v) is 9.32. The third-order valence-electron chi connectivity index (χ3n) is 6.66. The summed E-state index contributed by atoms with van der Waals surface area (Å²) in [6, 6.07) is 9.15. The maximum Gasteiger partial charge on any atom is 0.322 e. The van der Waals surface area contributed by atoms with E-state index in [-0.39, 0.29) is 46.2 Å². The van der Waals surface area contributed by atoms with Gasteiger partial charge in [0.1, 0.15) is 17.7 Å². The van der Waals surface area contributed by atoms with Gasteiger partial charge in [0, 0.05) is 34.6 Å². The Hall–Kier alpha value is -2.44. The van der Waals surface area contributed by atoms with Crippen molar-refractivity contribution in [2.45, 2.75) is 55.3 Å². The summed E-state index contributed by atoms with van der Waals surface area (Å²) in [4.78, 5) is 21.6. The zero-order valence-corrected chi connectivity index (χ0v) is 22.4. The molecule has 2 bridgehead atoms. The molecular formula is C24H22Cl2FN3O5S2. The van der Waals surface area contributed by atoms with Crippen molar-refractivity contribution in [1.82, 2.24) is 9.88 Å². The SMILES string of the molecule is O=CON(c1cscn1)S(=O)(=O)c1ccc(OC2CC3CC[C@@H](C2)N3Cc2cc(Cl)ccc2F)c(Cl)c1. The standard InChI is InChI=1S/C24H22Cl2FN3O5S2/c25-16-1-5-22(27)15(7-16)11-29-17-2-3-18(29)9-19(8-17)35-23-6-4-20(10-21(23)26)37(32,33)30(34-14-31)24-12-36-13-28-24/h1,4-7,10,12-14,17-19H,2-3,8-9,11H2/t17-,18?,19?/m0/s1. The number of hydrogen-bond donors (Lipinski definition) is 0.